The molecule has 2 amide bonds. The van der Waals surface area contributed by atoms with Crippen molar-refractivity contribution in [2.75, 3.05) is 19.0 Å². The van der Waals surface area contributed by atoms with E-state index >= 15 is 0 Å². The average Bonchev–Trinajstić information content (AvgIpc) is 2.65. The first kappa shape index (κ1) is 21.7. The van der Waals surface area contributed by atoms with E-state index < -0.39 is 34.8 Å². The first-order valence-corrected chi connectivity index (χ1v) is 8.51. The van der Waals surface area contributed by atoms with Crippen LogP contribution in [0.5, 0.6) is 0 Å². The van der Waals surface area contributed by atoms with Crippen LogP contribution in [0.3, 0.4) is 0 Å². The van der Waals surface area contributed by atoms with E-state index in [1.165, 1.54) is 19.2 Å². The highest BCUT2D eigenvalue weighted by molar-refractivity contribution is 6.39. The Morgan fingerprint density at radius 3 is 2.36 bits per heavy atom. The number of ether oxygens (including phenoxy) is 1. The van der Waals surface area contributed by atoms with Gasteiger partial charge in [0.2, 0.25) is 0 Å². The predicted molar refractivity (Wildman–Crippen MR) is 98.9 cm³/mol. The highest BCUT2D eigenvalue weighted by Crippen LogP contribution is 2.34. The minimum absolute atomic E-state index is 0.100. The van der Waals surface area contributed by atoms with Crippen LogP contribution in [-0.2, 0) is 26.1 Å². The fourth-order valence-corrected chi connectivity index (χ4v) is 2.65. The first-order chi connectivity index (χ1) is 13.1. The van der Waals surface area contributed by atoms with Crippen LogP contribution in [0, 0.1) is 0 Å². The summed E-state index contributed by atoms with van der Waals surface area (Å²) in [6.07, 6.45) is -4.67. The number of anilines is 1. The second-order valence-electron chi connectivity index (χ2n) is 6.13. The number of carbonyl (C=O) groups is 2. The molecule has 28 heavy (non-hydrogen) atoms. The van der Waals surface area contributed by atoms with Crippen molar-refractivity contribution in [3.8, 4) is 0 Å². The molecule has 0 bridgehead atoms. The smallest absolute Gasteiger partial charge is 0.372 e. The summed E-state index contributed by atoms with van der Waals surface area (Å²) in [5.41, 5.74) is -1.88. The Morgan fingerprint density at radius 1 is 1.07 bits per heavy atom. The van der Waals surface area contributed by atoms with Crippen molar-refractivity contribution in [3.63, 3.8) is 0 Å². The van der Waals surface area contributed by atoms with Gasteiger partial charge in [-0.25, -0.2) is 0 Å². The van der Waals surface area contributed by atoms with Gasteiger partial charge >= 0.3 is 18.0 Å². The number of hydrogen-bond acceptors (Lipinski definition) is 3. The minimum atomic E-state index is -4.67. The Balaban J connectivity index is 2.08. The summed E-state index contributed by atoms with van der Waals surface area (Å²) in [5.74, 6) is -2.32. The van der Waals surface area contributed by atoms with Gasteiger partial charge in [0.25, 0.3) is 0 Å². The molecule has 0 heterocycles. The number of para-hydroxylation sites is 1. The summed E-state index contributed by atoms with van der Waals surface area (Å²) in [6, 6.07) is 11.2. The van der Waals surface area contributed by atoms with Crippen LogP contribution in [0.4, 0.5) is 18.9 Å². The molecular formula is C19H18ClF3N2O3. The number of alkyl halides is 3. The fourth-order valence-electron chi connectivity index (χ4n) is 2.46. The van der Waals surface area contributed by atoms with Gasteiger partial charge in [-0.15, -0.1) is 0 Å². The quantitative estimate of drug-likeness (QED) is 0.727. The monoisotopic (exact) mass is 414 g/mol. The van der Waals surface area contributed by atoms with Crippen LogP contribution in [0.25, 0.3) is 0 Å². The summed E-state index contributed by atoms with van der Waals surface area (Å²) in [4.78, 5) is 24.1. The lowest BCUT2D eigenvalue weighted by Crippen LogP contribution is -2.44. The van der Waals surface area contributed by atoms with Gasteiger partial charge in [-0.3, -0.25) is 9.59 Å². The normalized spacial score (nSPS) is 13.5. The molecule has 0 spiro atoms. The summed E-state index contributed by atoms with van der Waals surface area (Å²) in [6.45, 7) is 1.58. The molecule has 0 aliphatic rings. The third-order valence-corrected chi connectivity index (χ3v) is 4.39. The molecule has 150 valence electrons. The zero-order chi connectivity index (χ0) is 20.9. The molecule has 2 aromatic rings. The van der Waals surface area contributed by atoms with Gasteiger partial charge in [-0.2, -0.15) is 13.2 Å². The second kappa shape index (κ2) is 8.62. The number of halogens is 4. The SMILES string of the molecule is CO[C@@](C)(CNC(=O)C(=O)Nc1ccccc1C(F)(F)F)c1cccc(Cl)c1. The number of benzene rings is 2. The Kier molecular flexibility index (Phi) is 6.69. The molecule has 2 N–H and O–H groups in total. The predicted octanol–water partition coefficient (Wildman–Crippen LogP) is 3.98. The topological polar surface area (TPSA) is 67.4 Å². The van der Waals surface area contributed by atoms with Crippen LogP contribution in [-0.4, -0.2) is 25.5 Å². The number of hydrogen-bond donors (Lipinski definition) is 2. The molecule has 0 saturated heterocycles. The highest BCUT2D eigenvalue weighted by Gasteiger charge is 2.34. The van der Waals surface area contributed by atoms with Crippen molar-refractivity contribution < 1.29 is 27.5 Å². The summed E-state index contributed by atoms with van der Waals surface area (Å²) >= 11 is 5.96. The van der Waals surface area contributed by atoms with E-state index in [4.69, 9.17) is 16.3 Å². The zero-order valence-corrected chi connectivity index (χ0v) is 15.8. The van der Waals surface area contributed by atoms with Crippen molar-refractivity contribution in [2.45, 2.75) is 18.7 Å². The van der Waals surface area contributed by atoms with Gasteiger partial charge in [-0.1, -0.05) is 35.9 Å². The Morgan fingerprint density at radius 2 is 1.75 bits per heavy atom. The van der Waals surface area contributed by atoms with Gasteiger partial charge < -0.3 is 15.4 Å². The van der Waals surface area contributed by atoms with Crippen LogP contribution in [0.1, 0.15) is 18.1 Å². The molecule has 9 heteroatoms. The maximum Gasteiger partial charge on any atom is 0.418 e. The molecule has 0 fully saturated rings. The third-order valence-electron chi connectivity index (χ3n) is 4.16. The van der Waals surface area contributed by atoms with E-state index in [0.29, 0.717) is 10.6 Å². The first-order valence-electron chi connectivity index (χ1n) is 8.13. The Hall–Kier alpha value is -2.58. The maximum atomic E-state index is 13.0. The van der Waals surface area contributed by atoms with Crippen molar-refractivity contribution in [1.82, 2.24) is 5.32 Å². The van der Waals surface area contributed by atoms with Gasteiger partial charge in [-0.05, 0) is 36.8 Å². The third kappa shape index (κ3) is 5.24. The van der Waals surface area contributed by atoms with Crippen LogP contribution >= 0.6 is 11.6 Å². The van der Waals surface area contributed by atoms with Crippen LogP contribution in [0.2, 0.25) is 5.02 Å². The van der Waals surface area contributed by atoms with Gasteiger partial charge in [0.05, 0.1) is 17.8 Å². The molecule has 0 unspecified atom stereocenters. The van der Waals surface area contributed by atoms with Crippen molar-refractivity contribution in [1.29, 1.82) is 0 Å². The molecule has 1 atom stereocenters. The number of nitrogens with one attached hydrogen (secondary N) is 2. The van der Waals surface area contributed by atoms with Crippen molar-refractivity contribution >= 4 is 29.1 Å². The maximum absolute atomic E-state index is 13.0. The molecule has 5 nitrogen and oxygen atoms in total. The zero-order valence-electron chi connectivity index (χ0n) is 15.1. The molecule has 0 aliphatic heterocycles. The number of methoxy groups -OCH3 is 1. The van der Waals surface area contributed by atoms with Gasteiger partial charge in [0.15, 0.2) is 0 Å². The molecule has 0 saturated carbocycles. The van der Waals surface area contributed by atoms with E-state index in [-0.39, 0.29) is 6.54 Å². The van der Waals surface area contributed by atoms with Crippen LogP contribution < -0.4 is 10.6 Å². The molecule has 0 radical (unpaired) electrons. The fraction of sp³-hybridized carbons (Fsp3) is 0.263. The van der Waals surface area contributed by atoms with Gasteiger partial charge in [0, 0.05) is 12.1 Å². The summed E-state index contributed by atoms with van der Waals surface area (Å²) in [7, 11) is 1.42. The number of carbonyl (C=O) groups excluding carboxylic acids is 2. The lowest BCUT2D eigenvalue weighted by atomic mass is 9.95. The van der Waals surface area contributed by atoms with Crippen LogP contribution in [0.15, 0.2) is 48.5 Å². The lowest BCUT2D eigenvalue weighted by Gasteiger charge is -2.29. The average molecular weight is 415 g/mol. The van der Waals surface area contributed by atoms with Crippen molar-refractivity contribution in [2.24, 2.45) is 0 Å². The standard InChI is InChI=1S/C19H18ClF3N2O3/c1-18(28-2,12-6-5-7-13(20)10-12)11-24-16(26)17(27)25-15-9-4-3-8-14(15)19(21,22)23/h3-10H,11H2,1-2H3,(H,24,26)(H,25,27)/t18-/m0/s1. The largest absolute Gasteiger partial charge is 0.418 e. The molecule has 0 aliphatic carbocycles. The van der Waals surface area contributed by atoms with E-state index in [1.807, 2.05) is 5.32 Å². The molecule has 2 aromatic carbocycles. The molecule has 2 rings (SSSR count). The number of rotatable bonds is 5. The van der Waals surface area contributed by atoms with E-state index in [9.17, 15) is 22.8 Å². The molecular weight excluding hydrogens is 397 g/mol. The highest BCUT2D eigenvalue weighted by atomic mass is 35.5. The Bertz CT molecular complexity index is 873. The lowest BCUT2D eigenvalue weighted by molar-refractivity contribution is -0.138. The van der Waals surface area contributed by atoms with Gasteiger partial charge in [0.1, 0.15) is 5.60 Å². The Labute approximate surface area is 164 Å². The second-order valence-corrected chi connectivity index (χ2v) is 6.56. The van der Waals surface area contributed by atoms with E-state index in [1.54, 1.807) is 31.2 Å². The van der Waals surface area contributed by atoms with Crippen molar-refractivity contribution in [3.05, 3.63) is 64.7 Å². The summed E-state index contributed by atoms with van der Waals surface area (Å²) < 4.78 is 44.4. The summed E-state index contributed by atoms with van der Waals surface area (Å²) in [5, 5.41) is 4.82. The molecule has 0 aromatic heterocycles. The minimum Gasteiger partial charge on any atom is -0.372 e. The number of amides is 2. The van der Waals surface area contributed by atoms with E-state index in [0.717, 1.165) is 12.1 Å². The van der Waals surface area contributed by atoms with E-state index in [2.05, 4.69) is 5.32 Å².